The smallest absolute Gasteiger partial charge is 0.407 e. The van der Waals surface area contributed by atoms with Gasteiger partial charge in [0.15, 0.2) is 0 Å². The largest absolute Gasteiger partial charge is 0.465 e. The molecule has 1 saturated heterocycles. The zero-order chi connectivity index (χ0) is 18.3. The fraction of sp³-hybridized carbons (Fsp3) is 0.211. The van der Waals surface area contributed by atoms with E-state index in [1.807, 2.05) is 6.08 Å². The van der Waals surface area contributed by atoms with E-state index in [1.165, 1.54) is 17.0 Å². The average molecular weight is 375 g/mol. The molecule has 1 N–H and O–H groups in total. The molecular weight excluding hydrogens is 359 g/mol. The molecule has 2 aromatic carbocycles. The monoisotopic (exact) mass is 374 g/mol. The summed E-state index contributed by atoms with van der Waals surface area (Å²) >= 11 is 6.12. The van der Waals surface area contributed by atoms with Gasteiger partial charge >= 0.3 is 6.09 Å². The molecule has 1 amide bonds. The molecule has 7 heteroatoms. The maximum atomic E-state index is 13.9. The van der Waals surface area contributed by atoms with Crippen LogP contribution >= 0.6 is 11.6 Å². The number of fused-ring (bicyclic) bond motifs is 2. The molecule has 4 rings (SSSR count). The Kier molecular flexibility index (Phi) is 4.20. The topological polar surface area (TPSA) is 53.0 Å². The van der Waals surface area contributed by atoms with Gasteiger partial charge in [0.1, 0.15) is 17.3 Å². The zero-order valence-electron chi connectivity index (χ0n) is 13.8. The molecule has 2 heterocycles. The van der Waals surface area contributed by atoms with Crippen LogP contribution in [0.3, 0.4) is 0 Å². The third-order valence-corrected chi connectivity index (χ3v) is 4.83. The standard InChI is InChI=1S/C19H16ClFN2O3/c20-13-1-3-17-12(9-13)10-16(15-11-14(21)2-4-18(15)26-17)22-5-7-23(8-6-22)19(24)25/h1-4,9-11H,5-8H2,(H,24,25). The van der Waals surface area contributed by atoms with Crippen molar-refractivity contribution >= 4 is 29.5 Å². The summed E-state index contributed by atoms with van der Waals surface area (Å²) in [6.07, 6.45) is 0.995. The summed E-state index contributed by atoms with van der Waals surface area (Å²) in [7, 11) is 0. The maximum Gasteiger partial charge on any atom is 0.407 e. The highest BCUT2D eigenvalue weighted by Crippen LogP contribution is 2.40. The molecular formula is C19H16ClFN2O3. The third kappa shape index (κ3) is 3.08. The fourth-order valence-corrected chi connectivity index (χ4v) is 3.44. The molecule has 26 heavy (non-hydrogen) atoms. The van der Waals surface area contributed by atoms with Gasteiger partial charge in [0.05, 0.1) is 0 Å². The summed E-state index contributed by atoms with van der Waals surface area (Å²) in [6, 6.07) is 9.74. The minimum absolute atomic E-state index is 0.355. The molecule has 2 aliphatic rings. The first kappa shape index (κ1) is 16.7. The molecule has 5 nitrogen and oxygen atoms in total. The minimum atomic E-state index is -0.925. The van der Waals surface area contributed by atoms with Crippen molar-refractivity contribution in [3.63, 3.8) is 0 Å². The van der Waals surface area contributed by atoms with E-state index in [9.17, 15) is 9.18 Å². The molecule has 0 spiro atoms. The molecule has 0 saturated carbocycles. The number of ether oxygens (including phenoxy) is 1. The van der Waals surface area contributed by atoms with Crippen LogP contribution in [0.1, 0.15) is 11.1 Å². The number of rotatable bonds is 1. The van der Waals surface area contributed by atoms with Crippen molar-refractivity contribution in [2.75, 3.05) is 26.2 Å². The van der Waals surface area contributed by atoms with Crippen molar-refractivity contribution in [2.24, 2.45) is 0 Å². The predicted molar refractivity (Wildman–Crippen MR) is 97.0 cm³/mol. The Morgan fingerprint density at radius 3 is 2.54 bits per heavy atom. The Labute approximate surface area is 154 Å². The van der Waals surface area contributed by atoms with Crippen LogP contribution < -0.4 is 4.74 Å². The van der Waals surface area contributed by atoms with Crippen LogP contribution in [0, 0.1) is 5.82 Å². The Hall–Kier alpha value is -2.73. The molecule has 0 radical (unpaired) electrons. The average Bonchev–Trinajstić information content (AvgIpc) is 2.78. The van der Waals surface area contributed by atoms with Gasteiger partial charge in [0, 0.05) is 48.0 Å². The van der Waals surface area contributed by atoms with Gasteiger partial charge in [-0.05, 0) is 42.5 Å². The number of carboxylic acid groups (broad SMARTS) is 1. The first-order valence-corrected chi connectivity index (χ1v) is 8.61. The van der Waals surface area contributed by atoms with E-state index in [1.54, 1.807) is 24.3 Å². The third-order valence-electron chi connectivity index (χ3n) is 4.59. The van der Waals surface area contributed by atoms with E-state index in [0.29, 0.717) is 48.3 Å². The summed E-state index contributed by atoms with van der Waals surface area (Å²) in [5.41, 5.74) is 2.23. The van der Waals surface area contributed by atoms with Crippen LogP contribution in [0.2, 0.25) is 5.02 Å². The van der Waals surface area contributed by atoms with Crippen molar-refractivity contribution in [2.45, 2.75) is 0 Å². The van der Waals surface area contributed by atoms with Gasteiger partial charge in [-0.15, -0.1) is 0 Å². The van der Waals surface area contributed by atoms with Gasteiger partial charge in [-0.3, -0.25) is 0 Å². The highest BCUT2D eigenvalue weighted by Gasteiger charge is 2.26. The Morgan fingerprint density at radius 1 is 1.08 bits per heavy atom. The van der Waals surface area contributed by atoms with Crippen LogP contribution in [0.4, 0.5) is 9.18 Å². The SMILES string of the molecule is O=C(O)N1CCN(C2=Cc3cc(Cl)ccc3Oc3ccc(F)cc32)CC1. The van der Waals surface area contributed by atoms with Gasteiger partial charge in [-0.25, -0.2) is 9.18 Å². The van der Waals surface area contributed by atoms with Crippen molar-refractivity contribution in [1.29, 1.82) is 0 Å². The molecule has 2 aliphatic heterocycles. The molecule has 0 aromatic heterocycles. The van der Waals surface area contributed by atoms with Crippen LogP contribution in [-0.2, 0) is 0 Å². The van der Waals surface area contributed by atoms with E-state index in [0.717, 1.165) is 11.3 Å². The first-order chi connectivity index (χ1) is 12.5. The van der Waals surface area contributed by atoms with Crippen molar-refractivity contribution in [3.05, 3.63) is 58.4 Å². The minimum Gasteiger partial charge on any atom is -0.465 e. The number of halogens is 2. The summed E-state index contributed by atoms with van der Waals surface area (Å²) in [4.78, 5) is 14.6. The van der Waals surface area contributed by atoms with E-state index < -0.39 is 6.09 Å². The number of hydrogen-bond donors (Lipinski definition) is 1. The molecule has 1 fully saturated rings. The Bertz CT molecular complexity index is 908. The highest BCUT2D eigenvalue weighted by atomic mass is 35.5. The van der Waals surface area contributed by atoms with Crippen molar-refractivity contribution in [3.8, 4) is 11.5 Å². The second kappa shape index (κ2) is 6.53. The van der Waals surface area contributed by atoms with E-state index >= 15 is 0 Å². The number of benzene rings is 2. The van der Waals surface area contributed by atoms with Crippen LogP contribution in [0.15, 0.2) is 36.4 Å². The lowest BCUT2D eigenvalue weighted by molar-refractivity contribution is 0.122. The van der Waals surface area contributed by atoms with E-state index in [4.69, 9.17) is 21.4 Å². The van der Waals surface area contributed by atoms with Gasteiger partial charge < -0.3 is 19.6 Å². The van der Waals surface area contributed by atoms with E-state index in [2.05, 4.69) is 4.90 Å². The van der Waals surface area contributed by atoms with Gasteiger partial charge in [-0.2, -0.15) is 0 Å². The Balaban J connectivity index is 1.78. The molecule has 134 valence electrons. The molecule has 2 aromatic rings. The van der Waals surface area contributed by atoms with Gasteiger partial charge in [0.25, 0.3) is 0 Å². The number of piperazine rings is 1. The number of hydrogen-bond acceptors (Lipinski definition) is 3. The van der Waals surface area contributed by atoms with E-state index in [-0.39, 0.29) is 5.82 Å². The lowest BCUT2D eigenvalue weighted by Crippen LogP contribution is -2.47. The second-order valence-electron chi connectivity index (χ2n) is 6.21. The van der Waals surface area contributed by atoms with Crippen LogP contribution in [-0.4, -0.2) is 47.2 Å². The zero-order valence-corrected chi connectivity index (χ0v) is 14.5. The van der Waals surface area contributed by atoms with Gasteiger partial charge in [0.2, 0.25) is 0 Å². The first-order valence-electron chi connectivity index (χ1n) is 8.23. The summed E-state index contributed by atoms with van der Waals surface area (Å²) in [5.74, 6) is 0.840. The number of amides is 1. The fourth-order valence-electron chi connectivity index (χ4n) is 3.26. The molecule has 0 aliphatic carbocycles. The number of carbonyl (C=O) groups is 1. The summed E-state index contributed by atoms with van der Waals surface area (Å²) in [5, 5.41) is 9.72. The molecule has 0 atom stereocenters. The van der Waals surface area contributed by atoms with Crippen LogP contribution in [0.25, 0.3) is 11.8 Å². The molecule has 0 unspecified atom stereocenters. The normalized spacial score (nSPS) is 16.2. The summed E-state index contributed by atoms with van der Waals surface area (Å²) < 4.78 is 19.9. The second-order valence-corrected chi connectivity index (χ2v) is 6.65. The maximum absolute atomic E-state index is 13.9. The van der Waals surface area contributed by atoms with Crippen molar-refractivity contribution < 1.29 is 19.0 Å². The lowest BCUT2D eigenvalue weighted by atomic mass is 10.1. The Morgan fingerprint density at radius 2 is 1.81 bits per heavy atom. The number of nitrogens with zero attached hydrogens (tertiary/aromatic N) is 2. The lowest BCUT2D eigenvalue weighted by Gasteiger charge is -2.36. The van der Waals surface area contributed by atoms with Crippen LogP contribution in [0.5, 0.6) is 11.5 Å². The highest BCUT2D eigenvalue weighted by molar-refractivity contribution is 6.30. The predicted octanol–water partition coefficient (Wildman–Crippen LogP) is 4.38. The van der Waals surface area contributed by atoms with Gasteiger partial charge in [-0.1, -0.05) is 11.6 Å². The van der Waals surface area contributed by atoms with Crippen molar-refractivity contribution in [1.82, 2.24) is 9.80 Å². The quantitative estimate of drug-likeness (QED) is 0.804. The summed E-state index contributed by atoms with van der Waals surface area (Å²) in [6.45, 7) is 1.81. The molecule has 0 bridgehead atoms.